The van der Waals surface area contributed by atoms with E-state index in [2.05, 4.69) is 37.9 Å². The molecule has 238 valence electrons. The van der Waals surface area contributed by atoms with E-state index in [-0.39, 0.29) is 30.8 Å². The van der Waals surface area contributed by atoms with Gasteiger partial charge in [-0.2, -0.15) is 0 Å². The first-order valence-corrected chi connectivity index (χ1v) is 15.9. The van der Waals surface area contributed by atoms with Crippen molar-refractivity contribution in [2.24, 2.45) is 0 Å². The first-order valence-electron chi connectivity index (χ1n) is 15.9. The molecule has 45 heavy (non-hydrogen) atoms. The fraction of sp³-hybridized carbons (Fsp3) is 0.429. The van der Waals surface area contributed by atoms with Crippen molar-refractivity contribution < 1.29 is 24.2 Å². The molecule has 3 aliphatic rings. The van der Waals surface area contributed by atoms with Crippen LogP contribution in [0.3, 0.4) is 0 Å². The summed E-state index contributed by atoms with van der Waals surface area (Å²) in [6.45, 7) is 5.75. The normalized spacial score (nSPS) is 23.1. The summed E-state index contributed by atoms with van der Waals surface area (Å²) in [6, 6.07) is 25.9. The van der Waals surface area contributed by atoms with Crippen LogP contribution in [-0.2, 0) is 27.4 Å². The minimum Gasteiger partial charge on any atom is -0.392 e. The van der Waals surface area contributed by atoms with Gasteiger partial charge in [0.15, 0.2) is 6.29 Å². The van der Waals surface area contributed by atoms with Crippen LogP contribution in [0.15, 0.2) is 78.9 Å². The van der Waals surface area contributed by atoms with E-state index in [0.717, 1.165) is 60.4 Å². The molecular formula is C35H43N5O5. The number of nitrogens with one attached hydrogen (secondary N) is 3. The molecule has 3 amide bonds. The van der Waals surface area contributed by atoms with Crippen molar-refractivity contribution in [3.05, 3.63) is 101 Å². The van der Waals surface area contributed by atoms with Crippen LogP contribution in [-0.4, -0.2) is 66.4 Å². The molecule has 1 unspecified atom stereocenters. The molecule has 10 heteroatoms. The number of carbonyl (C=O) groups is 2. The second-order valence-electron chi connectivity index (χ2n) is 12.1. The number of hydrogen-bond donors (Lipinski definition) is 4. The smallest absolute Gasteiger partial charge is 0.315 e. The zero-order chi connectivity index (χ0) is 31.2. The molecule has 3 fully saturated rings. The van der Waals surface area contributed by atoms with Gasteiger partial charge in [-0.3, -0.25) is 4.79 Å². The topological polar surface area (TPSA) is 115 Å². The number of hydrogen-bond acceptors (Lipinski definition) is 7. The molecule has 6 rings (SSSR count). The van der Waals surface area contributed by atoms with Crippen LogP contribution in [0.2, 0.25) is 0 Å². The second kappa shape index (κ2) is 14.0. The lowest BCUT2D eigenvalue weighted by Crippen LogP contribution is -2.57. The summed E-state index contributed by atoms with van der Waals surface area (Å²) < 4.78 is 13.1. The number of ether oxygens (including phenoxy) is 2. The molecule has 0 aromatic heterocycles. The Morgan fingerprint density at radius 3 is 2.31 bits per heavy atom. The predicted octanol–water partition coefficient (Wildman–Crippen LogP) is 3.97. The third-order valence-electron chi connectivity index (χ3n) is 9.21. The lowest BCUT2D eigenvalue weighted by molar-refractivity contribution is -0.253. The fourth-order valence-corrected chi connectivity index (χ4v) is 6.66. The SMILES string of the molecule is CCNC(=O)NCc1ccc(C2O[C@H](CN3CCC4(CC3)C(=O)NCN4c3ccccc3)C[C@H](c3ccc(CO)cc3)O2)cc1. The number of carbonyl (C=O) groups excluding carboxylic acids is 2. The number of piperidine rings is 1. The molecule has 0 bridgehead atoms. The number of urea groups is 1. The van der Waals surface area contributed by atoms with Crippen molar-refractivity contribution in [1.29, 1.82) is 0 Å². The van der Waals surface area contributed by atoms with Crippen molar-refractivity contribution in [2.75, 3.05) is 37.7 Å². The van der Waals surface area contributed by atoms with Crippen LogP contribution >= 0.6 is 0 Å². The molecule has 3 aliphatic heterocycles. The Kier molecular flexibility index (Phi) is 9.65. The standard InChI is InChI=1S/C35H43N5O5/c1-2-36-34(43)37-21-25-8-14-28(15-9-25)32-44-30(20-31(45-32)27-12-10-26(23-41)11-13-27)22-39-18-16-35(17-19-39)33(42)38-24-40(35)29-6-4-3-5-7-29/h3-15,30-32,41H,2,16-24H2,1H3,(H,38,42)(H2,36,37,43)/t30-,31+,32?/m0/s1. The van der Waals surface area contributed by atoms with E-state index in [1.807, 2.05) is 73.7 Å². The van der Waals surface area contributed by atoms with Crippen LogP contribution in [0.1, 0.15) is 60.8 Å². The van der Waals surface area contributed by atoms with Crippen LogP contribution in [0.4, 0.5) is 10.5 Å². The number of anilines is 1. The lowest BCUT2D eigenvalue weighted by Gasteiger charge is -2.45. The first-order chi connectivity index (χ1) is 22.0. The maximum atomic E-state index is 13.2. The highest BCUT2D eigenvalue weighted by molar-refractivity contribution is 5.93. The molecule has 3 atom stereocenters. The quantitative estimate of drug-likeness (QED) is 0.289. The summed E-state index contributed by atoms with van der Waals surface area (Å²) in [5.74, 6) is 0.115. The number of aliphatic hydroxyl groups is 1. The van der Waals surface area contributed by atoms with Crippen LogP contribution in [0.5, 0.6) is 0 Å². The van der Waals surface area contributed by atoms with Gasteiger partial charge < -0.3 is 40.3 Å². The Balaban J connectivity index is 1.14. The van der Waals surface area contributed by atoms with E-state index < -0.39 is 11.8 Å². The summed E-state index contributed by atoms with van der Waals surface area (Å²) in [5, 5.41) is 18.2. The molecule has 10 nitrogen and oxygen atoms in total. The van der Waals surface area contributed by atoms with E-state index >= 15 is 0 Å². The molecule has 0 aliphatic carbocycles. The summed E-state index contributed by atoms with van der Waals surface area (Å²) in [5.41, 5.74) is 4.35. The monoisotopic (exact) mass is 613 g/mol. The van der Waals surface area contributed by atoms with Gasteiger partial charge in [0.1, 0.15) is 5.54 Å². The summed E-state index contributed by atoms with van der Waals surface area (Å²) in [7, 11) is 0. The molecular weight excluding hydrogens is 570 g/mol. The Labute approximate surface area is 264 Å². The highest BCUT2D eigenvalue weighted by Gasteiger charge is 2.50. The van der Waals surface area contributed by atoms with Crippen LogP contribution in [0.25, 0.3) is 0 Å². The van der Waals surface area contributed by atoms with Gasteiger partial charge in [0.2, 0.25) is 5.91 Å². The first kappa shape index (κ1) is 31.0. The highest BCUT2D eigenvalue weighted by atomic mass is 16.7. The van der Waals surface area contributed by atoms with E-state index in [0.29, 0.717) is 26.2 Å². The van der Waals surface area contributed by atoms with E-state index in [9.17, 15) is 14.7 Å². The number of amides is 3. The van der Waals surface area contributed by atoms with Gasteiger partial charge in [-0.25, -0.2) is 4.79 Å². The Hall–Kier alpha value is -3.96. The van der Waals surface area contributed by atoms with E-state index in [1.54, 1.807) is 0 Å². The van der Waals surface area contributed by atoms with Crippen molar-refractivity contribution in [3.63, 3.8) is 0 Å². The molecule has 3 saturated heterocycles. The molecule has 3 aromatic carbocycles. The van der Waals surface area contributed by atoms with Crippen molar-refractivity contribution in [2.45, 2.75) is 63.4 Å². The maximum Gasteiger partial charge on any atom is 0.315 e. The number of benzene rings is 3. The van der Waals surface area contributed by atoms with Crippen molar-refractivity contribution >= 4 is 17.6 Å². The second-order valence-corrected chi connectivity index (χ2v) is 12.1. The summed E-state index contributed by atoms with van der Waals surface area (Å²) in [4.78, 5) is 29.6. The predicted molar refractivity (Wildman–Crippen MR) is 171 cm³/mol. The van der Waals surface area contributed by atoms with Crippen molar-refractivity contribution in [1.82, 2.24) is 20.9 Å². The number of aliphatic hydroxyl groups excluding tert-OH is 1. The van der Waals surface area contributed by atoms with E-state index in [4.69, 9.17) is 9.47 Å². The van der Waals surface area contributed by atoms with Gasteiger partial charge in [0.25, 0.3) is 0 Å². The number of likely N-dealkylation sites (tertiary alicyclic amines) is 1. The molecule has 0 radical (unpaired) electrons. The summed E-state index contributed by atoms with van der Waals surface area (Å²) >= 11 is 0. The molecule has 3 aromatic rings. The van der Waals surface area contributed by atoms with E-state index in [1.165, 1.54) is 0 Å². The van der Waals surface area contributed by atoms with Crippen LogP contribution < -0.4 is 20.9 Å². The Morgan fingerprint density at radius 1 is 0.933 bits per heavy atom. The Morgan fingerprint density at radius 2 is 1.62 bits per heavy atom. The van der Waals surface area contributed by atoms with Gasteiger partial charge in [-0.05, 0) is 48.6 Å². The zero-order valence-electron chi connectivity index (χ0n) is 25.8. The highest BCUT2D eigenvalue weighted by Crippen LogP contribution is 2.40. The van der Waals surface area contributed by atoms with Gasteiger partial charge in [-0.15, -0.1) is 0 Å². The minimum absolute atomic E-state index is 0.00233. The third-order valence-corrected chi connectivity index (χ3v) is 9.21. The van der Waals surface area contributed by atoms with Crippen LogP contribution in [0, 0.1) is 0 Å². The Bertz CT molecular complexity index is 1430. The van der Waals surface area contributed by atoms with Gasteiger partial charge in [0, 0.05) is 50.4 Å². The van der Waals surface area contributed by atoms with Crippen molar-refractivity contribution in [3.8, 4) is 0 Å². The molecule has 1 spiro atoms. The zero-order valence-corrected chi connectivity index (χ0v) is 25.8. The maximum absolute atomic E-state index is 13.2. The average Bonchev–Trinajstić information content (AvgIpc) is 3.40. The number of nitrogens with zero attached hydrogens (tertiary/aromatic N) is 2. The third kappa shape index (κ3) is 6.99. The average molecular weight is 614 g/mol. The molecule has 0 saturated carbocycles. The number of para-hydroxylation sites is 1. The van der Waals surface area contributed by atoms with Gasteiger partial charge in [0.05, 0.1) is 25.5 Å². The summed E-state index contributed by atoms with van der Waals surface area (Å²) in [6.07, 6.45) is 1.38. The largest absolute Gasteiger partial charge is 0.392 e. The van der Waals surface area contributed by atoms with Gasteiger partial charge in [-0.1, -0.05) is 66.7 Å². The fourth-order valence-electron chi connectivity index (χ4n) is 6.66. The molecule has 3 heterocycles. The lowest BCUT2D eigenvalue weighted by atomic mass is 9.85. The molecule has 4 N–H and O–H groups in total. The number of rotatable bonds is 9. The van der Waals surface area contributed by atoms with Gasteiger partial charge >= 0.3 is 6.03 Å². The minimum atomic E-state index is -0.554.